The maximum Gasteiger partial charge on any atom is 0.0830 e. The van der Waals surface area contributed by atoms with Gasteiger partial charge in [0, 0.05) is 6.04 Å². The van der Waals surface area contributed by atoms with Crippen molar-refractivity contribution in [1.29, 1.82) is 0 Å². The maximum absolute atomic E-state index is 6.19. The molecule has 0 aliphatic rings. The van der Waals surface area contributed by atoms with E-state index in [9.17, 15) is 0 Å². The van der Waals surface area contributed by atoms with E-state index in [0.29, 0.717) is 6.04 Å². The molecule has 0 spiro atoms. The van der Waals surface area contributed by atoms with Crippen molar-refractivity contribution in [2.45, 2.75) is 44.7 Å². The summed E-state index contributed by atoms with van der Waals surface area (Å²) in [4.78, 5) is 0. The van der Waals surface area contributed by atoms with Gasteiger partial charge in [-0.05, 0) is 18.9 Å². The lowest BCUT2D eigenvalue weighted by Crippen LogP contribution is -2.26. The number of benzene rings is 1. The van der Waals surface area contributed by atoms with E-state index in [1.165, 1.54) is 18.4 Å². The summed E-state index contributed by atoms with van der Waals surface area (Å²) in [5.41, 5.74) is 1.37. The zero-order valence-electron chi connectivity index (χ0n) is 9.54. The van der Waals surface area contributed by atoms with Gasteiger partial charge in [-0.2, -0.15) is 0 Å². The van der Waals surface area contributed by atoms with Gasteiger partial charge >= 0.3 is 0 Å². The molecule has 0 aromatic heterocycles. The minimum absolute atomic E-state index is 0.0835. The maximum atomic E-state index is 6.19. The third-order valence-electron chi connectivity index (χ3n) is 2.54. The first-order chi connectivity index (χ1) is 7.24. The van der Waals surface area contributed by atoms with E-state index < -0.39 is 0 Å². The molecule has 0 fully saturated rings. The first-order valence-corrected chi connectivity index (χ1v) is 6.12. The summed E-state index contributed by atoms with van der Waals surface area (Å²) in [6, 6.07) is 10.7. The zero-order chi connectivity index (χ0) is 11.1. The predicted molar refractivity (Wildman–Crippen MR) is 67.2 cm³/mol. The minimum Gasteiger partial charge on any atom is -0.295 e. The van der Waals surface area contributed by atoms with Crippen LogP contribution in [0.2, 0.25) is 0 Å². The molecule has 0 aliphatic heterocycles. The van der Waals surface area contributed by atoms with E-state index in [1.807, 2.05) is 6.07 Å². The van der Waals surface area contributed by atoms with Crippen LogP contribution in [0.25, 0.3) is 0 Å². The zero-order valence-corrected chi connectivity index (χ0v) is 10.3. The Morgan fingerprint density at radius 1 is 1.27 bits per heavy atom. The van der Waals surface area contributed by atoms with Crippen LogP contribution in [0.1, 0.15) is 44.7 Å². The number of unbranched alkanes of at least 4 members (excludes halogenated alkanes) is 1. The Bertz CT molecular complexity index is 260. The highest BCUT2D eigenvalue weighted by Crippen LogP contribution is 2.15. The summed E-state index contributed by atoms with van der Waals surface area (Å²) < 4.78 is 0. The molecule has 0 saturated heterocycles. The van der Waals surface area contributed by atoms with Gasteiger partial charge in [0.2, 0.25) is 0 Å². The fraction of sp³-hybridized carbons (Fsp3) is 0.538. The Labute approximate surface area is 97.8 Å². The monoisotopic (exact) mass is 225 g/mol. The highest BCUT2D eigenvalue weighted by atomic mass is 35.5. The molecule has 0 saturated carbocycles. The van der Waals surface area contributed by atoms with Gasteiger partial charge in [-0.1, -0.05) is 50.1 Å². The molecule has 1 aromatic carbocycles. The predicted octanol–water partition coefficient (Wildman–Crippen LogP) is 4.09. The molecule has 1 aromatic rings. The Kier molecular flexibility index (Phi) is 5.74. The summed E-state index contributed by atoms with van der Waals surface area (Å²) in [5, 5.41) is 3.40. The third kappa shape index (κ3) is 4.67. The fourth-order valence-electron chi connectivity index (χ4n) is 1.58. The van der Waals surface area contributed by atoms with Crippen LogP contribution >= 0.6 is 11.6 Å². The smallest absolute Gasteiger partial charge is 0.0830 e. The lowest BCUT2D eigenvalue weighted by molar-refractivity contribution is 0.508. The Morgan fingerprint density at radius 2 is 1.93 bits per heavy atom. The van der Waals surface area contributed by atoms with Crippen molar-refractivity contribution in [1.82, 2.24) is 5.32 Å². The van der Waals surface area contributed by atoms with Crippen LogP contribution in [0.3, 0.4) is 0 Å². The van der Waals surface area contributed by atoms with E-state index in [-0.39, 0.29) is 5.50 Å². The molecular weight excluding hydrogens is 206 g/mol. The number of hydrogen-bond donors (Lipinski definition) is 1. The highest BCUT2D eigenvalue weighted by Gasteiger charge is 2.09. The van der Waals surface area contributed by atoms with E-state index >= 15 is 0 Å². The molecule has 0 bridgehead atoms. The number of nitrogens with one attached hydrogen (secondary N) is 1. The quantitative estimate of drug-likeness (QED) is 0.568. The number of halogens is 1. The Hall–Kier alpha value is -0.530. The van der Waals surface area contributed by atoms with Gasteiger partial charge in [0.25, 0.3) is 0 Å². The number of alkyl halides is 1. The topological polar surface area (TPSA) is 12.0 Å². The van der Waals surface area contributed by atoms with E-state index in [1.54, 1.807) is 0 Å². The van der Waals surface area contributed by atoms with Crippen LogP contribution in [0.15, 0.2) is 30.3 Å². The molecule has 0 amide bonds. The standard InChI is InChI=1S/C13H20ClN/c1-3-4-10-13(14)15-11(2)12-8-6-5-7-9-12/h5-9,11,13,15H,3-4,10H2,1-2H3. The molecule has 2 unspecified atom stereocenters. The van der Waals surface area contributed by atoms with Gasteiger partial charge in [0.05, 0.1) is 5.50 Å². The van der Waals surface area contributed by atoms with Crippen molar-refractivity contribution < 1.29 is 0 Å². The van der Waals surface area contributed by atoms with Crippen LogP contribution in [0, 0.1) is 0 Å². The summed E-state index contributed by atoms with van der Waals surface area (Å²) in [6.45, 7) is 4.33. The lowest BCUT2D eigenvalue weighted by atomic mass is 10.1. The van der Waals surface area contributed by atoms with Gasteiger partial charge in [-0.15, -0.1) is 11.6 Å². The summed E-state index contributed by atoms with van der Waals surface area (Å²) in [7, 11) is 0. The number of hydrogen-bond acceptors (Lipinski definition) is 1. The van der Waals surface area contributed by atoms with Gasteiger partial charge in [0.15, 0.2) is 0 Å². The van der Waals surface area contributed by atoms with Crippen LogP contribution in [-0.4, -0.2) is 5.50 Å². The number of rotatable bonds is 6. The lowest BCUT2D eigenvalue weighted by Gasteiger charge is -2.18. The van der Waals surface area contributed by atoms with Crippen molar-refractivity contribution >= 4 is 11.6 Å². The van der Waals surface area contributed by atoms with Crippen LogP contribution in [0.5, 0.6) is 0 Å². The van der Waals surface area contributed by atoms with Crippen molar-refractivity contribution in [3.63, 3.8) is 0 Å². The first kappa shape index (κ1) is 12.5. The van der Waals surface area contributed by atoms with Crippen molar-refractivity contribution in [3.05, 3.63) is 35.9 Å². The summed E-state index contributed by atoms with van der Waals surface area (Å²) in [6.07, 6.45) is 3.42. The Balaban J connectivity index is 2.38. The molecular formula is C13H20ClN. The molecule has 1 N–H and O–H groups in total. The summed E-state index contributed by atoms with van der Waals surface area (Å²) >= 11 is 6.19. The first-order valence-electron chi connectivity index (χ1n) is 5.69. The summed E-state index contributed by atoms with van der Waals surface area (Å²) in [5.74, 6) is 0. The van der Waals surface area contributed by atoms with Crippen molar-refractivity contribution in [2.24, 2.45) is 0 Å². The molecule has 2 heteroatoms. The molecule has 0 heterocycles. The van der Waals surface area contributed by atoms with E-state index in [4.69, 9.17) is 11.6 Å². The molecule has 1 rings (SSSR count). The molecule has 84 valence electrons. The molecule has 15 heavy (non-hydrogen) atoms. The average molecular weight is 226 g/mol. The third-order valence-corrected chi connectivity index (χ3v) is 2.89. The van der Waals surface area contributed by atoms with Crippen LogP contribution < -0.4 is 5.32 Å². The van der Waals surface area contributed by atoms with Gasteiger partial charge in [0.1, 0.15) is 0 Å². The second-order valence-corrected chi connectivity index (χ2v) is 4.44. The van der Waals surface area contributed by atoms with Crippen molar-refractivity contribution in [3.8, 4) is 0 Å². The SMILES string of the molecule is CCCCC(Cl)NC(C)c1ccccc1. The Morgan fingerprint density at radius 3 is 2.53 bits per heavy atom. The van der Waals surface area contributed by atoms with Crippen LogP contribution in [-0.2, 0) is 0 Å². The van der Waals surface area contributed by atoms with Crippen LogP contribution in [0.4, 0.5) is 0 Å². The molecule has 0 aliphatic carbocycles. The molecule has 2 atom stereocenters. The van der Waals surface area contributed by atoms with E-state index in [0.717, 1.165) is 6.42 Å². The van der Waals surface area contributed by atoms with Gasteiger partial charge in [-0.3, -0.25) is 5.32 Å². The van der Waals surface area contributed by atoms with Gasteiger partial charge in [-0.25, -0.2) is 0 Å². The second-order valence-electron chi connectivity index (χ2n) is 3.91. The fourth-order valence-corrected chi connectivity index (χ4v) is 1.92. The minimum atomic E-state index is 0.0835. The normalized spacial score (nSPS) is 14.9. The molecule has 1 nitrogen and oxygen atoms in total. The van der Waals surface area contributed by atoms with Gasteiger partial charge < -0.3 is 0 Å². The van der Waals surface area contributed by atoms with E-state index in [2.05, 4.69) is 43.4 Å². The highest BCUT2D eigenvalue weighted by molar-refractivity contribution is 6.20. The van der Waals surface area contributed by atoms with Crippen molar-refractivity contribution in [2.75, 3.05) is 0 Å². The average Bonchev–Trinajstić information content (AvgIpc) is 2.27. The second kappa shape index (κ2) is 6.86. The molecule has 0 radical (unpaired) electrons. The largest absolute Gasteiger partial charge is 0.295 e.